The Morgan fingerprint density at radius 2 is 0.890 bits per heavy atom. The predicted molar refractivity (Wildman–Crippen MR) is 399 cm³/mol. The molecule has 0 saturated carbocycles. The van der Waals surface area contributed by atoms with E-state index in [0.717, 1.165) is 34.6 Å². The van der Waals surface area contributed by atoms with E-state index in [-0.39, 0.29) is 203 Å². The smallest absolute Gasteiger partial charge is 0.348 e. The van der Waals surface area contributed by atoms with Gasteiger partial charge in [0, 0.05) is 200 Å². The first-order valence-electron chi connectivity index (χ1n) is 36.9. The Balaban J connectivity index is 0.0000127. The molecule has 0 spiro atoms. The first kappa shape index (κ1) is 81.9. The Labute approximate surface area is 657 Å². The van der Waals surface area contributed by atoms with Crippen molar-refractivity contribution in [2.75, 3.05) is 98.2 Å². The Bertz CT molecular complexity index is 4450. The molecule has 0 aliphatic carbocycles. The van der Waals surface area contributed by atoms with Crippen LogP contribution < -0.4 is 16.7 Å². The molecule has 109 heavy (non-hydrogen) atoms. The number of hydrogen-bond acceptors (Lipinski definition) is 19. The summed E-state index contributed by atoms with van der Waals surface area (Å²) in [7, 11) is 0. The van der Waals surface area contributed by atoms with E-state index in [1.807, 2.05) is 88.6 Å². The normalized spacial score (nSPS) is 16.2. The fraction of sp³-hybridized carbons (Fsp3) is 0.487. The minimum absolute atomic E-state index is 0. The molecular formula is C76H97LuN15O17. The summed E-state index contributed by atoms with van der Waals surface area (Å²) in [5.74, 6) is -5.66. The van der Waals surface area contributed by atoms with Gasteiger partial charge in [-0.1, -0.05) is 27.7 Å². The molecule has 11 N–H and O–H groups in total. The summed E-state index contributed by atoms with van der Waals surface area (Å²) in [4.78, 5) is 129. The molecule has 4 aromatic heterocycles. The van der Waals surface area contributed by atoms with Gasteiger partial charge in [0.05, 0.1) is 42.1 Å². The Morgan fingerprint density at radius 3 is 1.26 bits per heavy atom. The van der Waals surface area contributed by atoms with E-state index in [1.54, 1.807) is 41.5 Å². The van der Waals surface area contributed by atoms with Crippen molar-refractivity contribution in [3.05, 3.63) is 117 Å². The number of rotatable bonds is 28. The minimum atomic E-state index is -1.30. The molecule has 0 bridgehead atoms. The number of aromatic hydroxyl groups is 4. The van der Waals surface area contributed by atoms with Crippen LogP contribution in [0.3, 0.4) is 0 Å². The zero-order valence-corrected chi connectivity index (χ0v) is 63.2. The summed E-state index contributed by atoms with van der Waals surface area (Å²) >= 11 is 0. The largest absolute Gasteiger partial charge is 0.508 e. The molecule has 33 heteroatoms. The summed E-state index contributed by atoms with van der Waals surface area (Å²) < 4.78 is 7.03. The van der Waals surface area contributed by atoms with Gasteiger partial charge in [0.25, 0.3) is 0 Å². The minimum Gasteiger partial charge on any atom is -0.508 e. The van der Waals surface area contributed by atoms with Crippen molar-refractivity contribution in [1.82, 2.24) is 73.4 Å². The van der Waals surface area contributed by atoms with Crippen molar-refractivity contribution in [1.29, 1.82) is 0 Å². The van der Waals surface area contributed by atoms with Crippen LogP contribution in [0.5, 0.6) is 23.0 Å². The van der Waals surface area contributed by atoms with Gasteiger partial charge in [-0.05, 0) is 140 Å². The summed E-state index contributed by atoms with van der Waals surface area (Å²) in [6.45, 7) is 10.1. The third kappa shape index (κ3) is 20.5. The molecule has 32 nitrogen and oxygen atoms in total. The second-order valence-electron chi connectivity index (χ2n) is 29.4. The standard InChI is InChI=1S/C76H97N15O17.Lu/c1-46(2)55-39-57(64(94)41-62(55)92)72-78-80-75(107)90(72)53-5-7-59-50(35-53)17-25-85(59)19-11-48-13-21-88(22-14-48)67(97)37-52(77-66(96)10-9-61(74(105)106)87-33-31-83(44-70(101)102)29-27-82(43-69(99)100)28-30-84(32-34-87)45-71(103)104)38-68(98)89-23-15-49(16-24-89)12-20-86-26-18-51-36-54(6-8-60(51)86)91-73(79-81-76(91)108)58-40-56(47(3)4)63(93)42-65(58)95;/h5-8,17-18,25-26,35-36,39-42,46-49,52,61,92-95H,9-16,19-24,27-34,37-38,43-45H2,1-4H3,(H,77,96)(H,80,107)(H,81,108)(H,99,100)(H,101,102)(H,103,104)(H,105,106);/t61-;/m1./s1. The summed E-state index contributed by atoms with van der Waals surface area (Å²) in [5.41, 5.74) is 3.62. The topological polar surface area (TPSA) is 424 Å². The molecule has 3 amide bonds. The number of H-pyrrole nitrogens is 2. The van der Waals surface area contributed by atoms with Gasteiger partial charge in [0.15, 0.2) is 11.6 Å². The van der Waals surface area contributed by atoms with Gasteiger partial charge < -0.3 is 65.1 Å². The van der Waals surface area contributed by atoms with Crippen molar-refractivity contribution in [3.8, 4) is 57.1 Å². The number of hydrogen-bond donors (Lipinski definition) is 11. The van der Waals surface area contributed by atoms with Crippen molar-refractivity contribution in [3.63, 3.8) is 0 Å². The SMILES string of the molecule is CC(C)c1cc(-c2n[nH]c(=O)n2-c2ccc3c(ccn3CCC3CCN(C(=O)CC(CC(=O)N4CCC(CCn5ccc6cc(-n7c(-c8cc(C(C)C)c(O)cc8O)n[nH]c7=O)ccc65)CC4)NC(=O)CC[C@H](C(=O)O)N4CCN(CC(=O)O)CCN(CC(=O)O)CCN(CC(=O)O)CC4)CC3)c2)c(O)cc1O.[Lu]. The van der Waals surface area contributed by atoms with Gasteiger partial charge in [0.1, 0.15) is 29.0 Å². The molecule has 3 fully saturated rings. The molecule has 0 unspecified atom stereocenters. The van der Waals surface area contributed by atoms with Crippen LogP contribution in [0.15, 0.2) is 94.8 Å². The molecule has 1 radical (unpaired) electrons. The Hall–Kier alpha value is -9.60. The number of phenolic OH excluding ortho intramolecular Hbond substituents is 4. The number of likely N-dealkylation sites (tertiary alicyclic amines) is 2. The van der Waals surface area contributed by atoms with Crippen LogP contribution in [-0.2, 0) is 46.7 Å². The molecule has 3 saturated heterocycles. The number of aryl methyl sites for hydroxylation is 2. The van der Waals surface area contributed by atoms with E-state index in [1.165, 1.54) is 21.3 Å². The number of aromatic amines is 2. The number of carboxylic acid groups (broad SMARTS) is 4. The van der Waals surface area contributed by atoms with Crippen LogP contribution in [0.4, 0.5) is 0 Å². The zero-order chi connectivity index (χ0) is 77.2. The number of benzene rings is 4. The molecule has 4 aromatic carbocycles. The maximum atomic E-state index is 14.5. The van der Waals surface area contributed by atoms with E-state index >= 15 is 0 Å². The maximum absolute atomic E-state index is 14.5. The van der Waals surface area contributed by atoms with Gasteiger partial charge in [-0.2, -0.15) is 10.2 Å². The van der Waals surface area contributed by atoms with Gasteiger partial charge >= 0.3 is 35.3 Å². The van der Waals surface area contributed by atoms with Gasteiger partial charge in [-0.15, -0.1) is 0 Å². The van der Waals surface area contributed by atoms with Crippen LogP contribution in [0, 0.1) is 48.7 Å². The number of phenols is 4. The molecular weight excluding hydrogens is 1570 g/mol. The number of piperidine rings is 2. The molecule has 7 heterocycles. The number of amides is 3. The van der Waals surface area contributed by atoms with Crippen molar-refractivity contribution < 1.29 is 111 Å². The third-order valence-electron chi connectivity index (χ3n) is 21.4. The first-order valence-corrected chi connectivity index (χ1v) is 36.9. The maximum Gasteiger partial charge on any atom is 0.348 e. The number of nitrogens with one attached hydrogen (secondary N) is 3. The van der Waals surface area contributed by atoms with Gasteiger partial charge in [-0.25, -0.2) is 28.9 Å². The van der Waals surface area contributed by atoms with Crippen LogP contribution in [0.2, 0.25) is 0 Å². The summed E-state index contributed by atoms with van der Waals surface area (Å²) in [6.07, 6.45) is 7.35. The second-order valence-corrected chi connectivity index (χ2v) is 29.4. The van der Waals surface area contributed by atoms with Crippen LogP contribution in [-0.4, -0.2) is 261 Å². The van der Waals surface area contributed by atoms with Crippen LogP contribution in [0.25, 0.3) is 56.0 Å². The van der Waals surface area contributed by atoms with Gasteiger partial charge in [-0.3, -0.25) is 53.2 Å². The quantitative estimate of drug-likeness (QED) is 0.0281. The van der Waals surface area contributed by atoms with Crippen molar-refractivity contribution >= 4 is 63.4 Å². The number of aromatic nitrogens is 8. The van der Waals surface area contributed by atoms with Gasteiger partial charge in [0.2, 0.25) is 17.7 Å². The van der Waals surface area contributed by atoms with E-state index in [2.05, 4.69) is 34.8 Å². The predicted octanol–water partition coefficient (Wildman–Crippen LogP) is 5.68. The van der Waals surface area contributed by atoms with E-state index in [0.29, 0.717) is 87.5 Å². The number of carbonyl (C=O) groups excluding carboxylic acids is 3. The molecule has 8 aromatic rings. The first-order chi connectivity index (χ1) is 51.6. The fourth-order valence-electron chi connectivity index (χ4n) is 15.3. The van der Waals surface area contributed by atoms with E-state index < -0.39 is 66.3 Å². The number of fused-ring (bicyclic) bond motifs is 2. The molecule has 11 rings (SSSR count). The zero-order valence-electron chi connectivity index (χ0n) is 61.5. The average Bonchev–Trinajstić information content (AvgIpc) is 1.66. The van der Waals surface area contributed by atoms with E-state index in [9.17, 15) is 84.0 Å². The summed E-state index contributed by atoms with van der Waals surface area (Å²) in [5, 5.41) is 101. The second kappa shape index (κ2) is 36.7. The number of nitrogens with zero attached hydrogens (tertiary/aromatic N) is 12. The number of carboxylic acids is 4. The Kier molecular flexibility index (Phi) is 27.6. The Morgan fingerprint density at radius 1 is 0.505 bits per heavy atom. The molecule has 3 aliphatic rings. The third-order valence-corrected chi connectivity index (χ3v) is 21.4. The van der Waals surface area contributed by atoms with Crippen molar-refractivity contribution in [2.24, 2.45) is 11.8 Å². The molecule has 593 valence electrons. The number of carbonyl (C=O) groups is 7. The average molecular weight is 1670 g/mol. The summed E-state index contributed by atoms with van der Waals surface area (Å²) in [6, 6.07) is 18.6. The molecule has 1 atom stereocenters. The molecule has 3 aliphatic heterocycles. The fourth-order valence-corrected chi connectivity index (χ4v) is 15.3. The van der Waals surface area contributed by atoms with Crippen molar-refractivity contribution in [2.45, 2.75) is 129 Å². The van der Waals surface area contributed by atoms with Crippen LogP contribution >= 0.6 is 0 Å². The number of aliphatic carboxylic acids is 4. The van der Waals surface area contributed by atoms with Crippen LogP contribution in [0.1, 0.15) is 115 Å². The monoisotopic (exact) mass is 1670 g/mol. The van der Waals surface area contributed by atoms with E-state index in [4.69, 9.17) is 0 Å².